The molecule has 2 atom stereocenters. The Morgan fingerprint density at radius 1 is 1.24 bits per heavy atom. The van der Waals surface area contributed by atoms with E-state index < -0.39 is 0 Å². The molecule has 1 aromatic carbocycles. The van der Waals surface area contributed by atoms with Crippen LogP contribution in [-0.4, -0.2) is 36.7 Å². The first-order valence-corrected chi connectivity index (χ1v) is 8.86. The first-order chi connectivity index (χ1) is 10.3. The van der Waals surface area contributed by atoms with Gasteiger partial charge >= 0.3 is 0 Å². The van der Waals surface area contributed by atoms with Gasteiger partial charge in [0.2, 0.25) is 0 Å². The van der Waals surface area contributed by atoms with E-state index in [9.17, 15) is 5.11 Å². The van der Waals surface area contributed by atoms with Crippen molar-refractivity contribution < 1.29 is 14.6 Å². The molecule has 1 fully saturated rings. The summed E-state index contributed by atoms with van der Waals surface area (Å²) in [6.45, 7) is 2.05. The molecule has 0 spiro atoms. The van der Waals surface area contributed by atoms with E-state index in [1.807, 2.05) is 0 Å². The molecule has 0 aromatic heterocycles. The predicted octanol–water partition coefficient (Wildman–Crippen LogP) is 2.57. The van der Waals surface area contributed by atoms with E-state index in [-0.39, 0.29) is 6.10 Å². The molecule has 4 nitrogen and oxygen atoms in total. The molecule has 1 aliphatic heterocycles. The molecule has 1 aromatic rings. The molecule has 3 rings (SSSR count). The summed E-state index contributed by atoms with van der Waals surface area (Å²) in [5, 5.41) is 13.3. The van der Waals surface area contributed by atoms with Gasteiger partial charge in [-0.2, -0.15) is 0 Å². The third kappa shape index (κ3) is 3.65. The van der Waals surface area contributed by atoms with Crippen molar-refractivity contribution in [2.75, 3.05) is 19.5 Å². The van der Waals surface area contributed by atoms with Crippen LogP contribution >= 0.6 is 11.8 Å². The summed E-state index contributed by atoms with van der Waals surface area (Å²) >= 11 is 1.73. The van der Waals surface area contributed by atoms with Crippen molar-refractivity contribution in [1.82, 2.24) is 5.32 Å². The number of thioether (sulfide) groups is 1. The second-order valence-electron chi connectivity index (χ2n) is 5.71. The molecule has 2 unspecified atom stereocenters. The molecule has 5 heteroatoms. The number of ether oxygens (including phenoxy) is 2. The highest BCUT2D eigenvalue weighted by Gasteiger charge is 2.21. The zero-order chi connectivity index (χ0) is 14.7. The summed E-state index contributed by atoms with van der Waals surface area (Å²) in [5.41, 5.74) is 1.24. The normalized spacial score (nSPS) is 24.9. The number of aliphatic hydroxyl groups excluding tert-OH is 1. The summed E-state index contributed by atoms with van der Waals surface area (Å²) in [6, 6.07) is 4.58. The van der Waals surface area contributed by atoms with Crippen LogP contribution in [0, 0.1) is 0 Å². The Hall–Kier alpha value is -0.910. The van der Waals surface area contributed by atoms with Crippen LogP contribution in [0.15, 0.2) is 17.0 Å². The fraction of sp³-hybridized carbons (Fsp3) is 0.625. The zero-order valence-electron chi connectivity index (χ0n) is 12.4. The fourth-order valence-electron chi connectivity index (χ4n) is 3.04. The monoisotopic (exact) mass is 309 g/mol. The van der Waals surface area contributed by atoms with Crippen LogP contribution in [0.3, 0.4) is 0 Å². The lowest BCUT2D eigenvalue weighted by Gasteiger charge is -2.27. The third-order valence-electron chi connectivity index (χ3n) is 4.17. The van der Waals surface area contributed by atoms with Gasteiger partial charge < -0.3 is 19.9 Å². The SMILES string of the molecule is CSc1cc2c(cc1CNC1CCCC(O)C1)OCCO2. The largest absolute Gasteiger partial charge is 0.486 e. The lowest BCUT2D eigenvalue weighted by molar-refractivity contribution is 0.111. The molecule has 0 amide bonds. The average Bonchev–Trinajstić information content (AvgIpc) is 2.52. The van der Waals surface area contributed by atoms with Crippen LogP contribution in [0.25, 0.3) is 0 Å². The maximum atomic E-state index is 9.75. The molecule has 0 bridgehead atoms. The van der Waals surface area contributed by atoms with Crippen molar-refractivity contribution in [2.45, 2.75) is 49.3 Å². The third-order valence-corrected chi connectivity index (χ3v) is 4.99. The van der Waals surface area contributed by atoms with Gasteiger partial charge in [0.15, 0.2) is 11.5 Å². The van der Waals surface area contributed by atoms with E-state index in [1.54, 1.807) is 11.8 Å². The van der Waals surface area contributed by atoms with Crippen molar-refractivity contribution in [1.29, 1.82) is 0 Å². The number of aliphatic hydroxyl groups is 1. The molecular formula is C16H23NO3S. The highest BCUT2D eigenvalue weighted by molar-refractivity contribution is 7.98. The summed E-state index contributed by atoms with van der Waals surface area (Å²) in [4.78, 5) is 1.23. The standard InChI is InChI=1S/C16H23NO3S/c1-21-16-9-15-14(19-5-6-20-15)7-11(16)10-17-12-3-2-4-13(18)8-12/h7,9,12-13,17-18H,2-6,8,10H2,1H3. The number of rotatable bonds is 4. The number of benzene rings is 1. The van der Waals surface area contributed by atoms with Gasteiger partial charge in [-0.05, 0) is 49.6 Å². The first kappa shape index (κ1) is 15.0. The highest BCUT2D eigenvalue weighted by Crippen LogP contribution is 2.36. The number of hydrogen-bond donors (Lipinski definition) is 2. The van der Waals surface area contributed by atoms with Crippen LogP contribution in [0.4, 0.5) is 0 Å². The minimum Gasteiger partial charge on any atom is -0.486 e. The van der Waals surface area contributed by atoms with Crippen molar-refractivity contribution in [3.63, 3.8) is 0 Å². The minimum absolute atomic E-state index is 0.142. The van der Waals surface area contributed by atoms with E-state index in [2.05, 4.69) is 23.7 Å². The molecule has 21 heavy (non-hydrogen) atoms. The van der Waals surface area contributed by atoms with Gasteiger partial charge in [-0.1, -0.05) is 0 Å². The Morgan fingerprint density at radius 3 is 2.71 bits per heavy atom. The van der Waals surface area contributed by atoms with Crippen LogP contribution in [0.2, 0.25) is 0 Å². The number of hydrogen-bond acceptors (Lipinski definition) is 5. The Balaban J connectivity index is 1.69. The van der Waals surface area contributed by atoms with Gasteiger partial charge in [0.25, 0.3) is 0 Å². The van der Waals surface area contributed by atoms with Gasteiger partial charge in [-0.15, -0.1) is 11.8 Å². The summed E-state index contributed by atoms with van der Waals surface area (Å²) in [6.07, 6.45) is 6.00. The van der Waals surface area contributed by atoms with Gasteiger partial charge in [0.05, 0.1) is 6.10 Å². The average molecular weight is 309 g/mol. The molecular weight excluding hydrogens is 286 g/mol. The van der Waals surface area contributed by atoms with E-state index >= 15 is 0 Å². The zero-order valence-corrected chi connectivity index (χ0v) is 13.2. The second kappa shape index (κ2) is 6.90. The Bertz CT molecular complexity index is 495. The smallest absolute Gasteiger partial charge is 0.162 e. The van der Waals surface area contributed by atoms with Crippen LogP contribution < -0.4 is 14.8 Å². The Kier molecular flexibility index (Phi) is 4.93. The Morgan fingerprint density at radius 2 is 2.00 bits per heavy atom. The quantitative estimate of drug-likeness (QED) is 0.837. The molecule has 0 saturated heterocycles. The van der Waals surface area contributed by atoms with Gasteiger partial charge in [-0.3, -0.25) is 0 Å². The molecule has 1 heterocycles. The minimum atomic E-state index is -0.142. The van der Waals surface area contributed by atoms with E-state index in [0.717, 1.165) is 43.7 Å². The maximum absolute atomic E-state index is 9.75. The maximum Gasteiger partial charge on any atom is 0.162 e. The summed E-state index contributed by atoms with van der Waals surface area (Å²) in [7, 11) is 0. The summed E-state index contributed by atoms with van der Waals surface area (Å²) < 4.78 is 11.3. The Labute approximate surface area is 130 Å². The molecule has 2 N–H and O–H groups in total. The topological polar surface area (TPSA) is 50.7 Å². The number of nitrogens with one attached hydrogen (secondary N) is 1. The van der Waals surface area contributed by atoms with Crippen molar-refractivity contribution in [3.05, 3.63) is 17.7 Å². The van der Waals surface area contributed by atoms with E-state index in [4.69, 9.17) is 9.47 Å². The van der Waals surface area contributed by atoms with Crippen LogP contribution in [0.5, 0.6) is 11.5 Å². The first-order valence-electron chi connectivity index (χ1n) is 7.64. The summed E-state index contributed by atoms with van der Waals surface area (Å²) in [5.74, 6) is 1.70. The molecule has 2 aliphatic rings. The predicted molar refractivity (Wildman–Crippen MR) is 84.3 cm³/mol. The molecule has 1 aliphatic carbocycles. The van der Waals surface area contributed by atoms with Crippen molar-refractivity contribution in [3.8, 4) is 11.5 Å². The molecule has 116 valence electrons. The van der Waals surface area contributed by atoms with E-state index in [0.29, 0.717) is 19.3 Å². The van der Waals surface area contributed by atoms with E-state index in [1.165, 1.54) is 10.5 Å². The van der Waals surface area contributed by atoms with Gasteiger partial charge in [0.1, 0.15) is 13.2 Å². The lowest BCUT2D eigenvalue weighted by atomic mass is 9.93. The van der Waals surface area contributed by atoms with Gasteiger partial charge in [0, 0.05) is 17.5 Å². The second-order valence-corrected chi connectivity index (χ2v) is 6.55. The van der Waals surface area contributed by atoms with Crippen molar-refractivity contribution in [2.24, 2.45) is 0 Å². The lowest BCUT2D eigenvalue weighted by Crippen LogP contribution is -2.35. The van der Waals surface area contributed by atoms with Gasteiger partial charge in [-0.25, -0.2) is 0 Å². The van der Waals surface area contributed by atoms with Crippen LogP contribution in [0.1, 0.15) is 31.2 Å². The molecule has 1 saturated carbocycles. The van der Waals surface area contributed by atoms with Crippen molar-refractivity contribution >= 4 is 11.8 Å². The fourth-order valence-corrected chi connectivity index (χ4v) is 3.66. The van der Waals surface area contributed by atoms with Crippen LogP contribution in [-0.2, 0) is 6.54 Å². The number of fused-ring (bicyclic) bond motifs is 1. The molecule has 0 radical (unpaired) electrons. The highest BCUT2D eigenvalue weighted by atomic mass is 32.2.